The summed E-state index contributed by atoms with van der Waals surface area (Å²) in [5.41, 5.74) is 6.58. The second-order valence-corrected chi connectivity index (χ2v) is 10.7. The molecule has 12 nitrogen and oxygen atoms in total. The highest BCUT2D eigenvalue weighted by Gasteiger charge is 2.47. The Kier molecular flexibility index (Phi) is 8.82. The minimum Gasteiger partial charge on any atom is -0.388 e. The number of benzene rings is 1. The van der Waals surface area contributed by atoms with Crippen molar-refractivity contribution in [3.8, 4) is 0 Å². The van der Waals surface area contributed by atoms with Crippen molar-refractivity contribution >= 4 is 5.69 Å². The van der Waals surface area contributed by atoms with Gasteiger partial charge in [0.25, 0.3) is 5.56 Å². The molecule has 1 aromatic heterocycles. The maximum atomic E-state index is 12.3. The Morgan fingerprint density at radius 2 is 1.79 bits per heavy atom. The average Bonchev–Trinajstić information content (AvgIpc) is 3.46. The summed E-state index contributed by atoms with van der Waals surface area (Å²) in [4.78, 5) is 25.9. The Bertz CT molecular complexity index is 1200. The van der Waals surface area contributed by atoms with Gasteiger partial charge in [-0.3, -0.25) is 14.3 Å². The van der Waals surface area contributed by atoms with Crippen LogP contribution in [-0.2, 0) is 14.2 Å². The van der Waals surface area contributed by atoms with Crippen molar-refractivity contribution in [1.29, 1.82) is 0 Å². The predicted molar refractivity (Wildman–Crippen MR) is 141 cm³/mol. The smallest absolute Gasteiger partial charge is 0.330 e. The van der Waals surface area contributed by atoms with Gasteiger partial charge in [-0.15, -0.1) is 0 Å². The first-order valence-corrected chi connectivity index (χ1v) is 13.7. The van der Waals surface area contributed by atoms with Crippen LogP contribution in [0.2, 0.25) is 0 Å². The lowest BCUT2D eigenvalue weighted by Gasteiger charge is -2.29. The van der Waals surface area contributed by atoms with E-state index in [2.05, 4.69) is 22.4 Å². The highest BCUT2D eigenvalue weighted by atomic mass is 16.7. The molecule has 3 aliphatic rings. The van der Waals surface area contributed by atoms with E-state index < -0.39 is 60.4 Å². The molecule has 1 unspecified atom stereocenters. The Morgan fingerprint density at radius 3 is 2.46 bits per heavy atom. The Balaban J connectivity index is 1.30. The number of hydrogen-bond donors (Lipinski definition) is 6. The fourth-order valence-corrected chi connectivity index (χ4v) is 5.79. The van der Waals surface area contributed by atoms with Gasteiger partial charge in [-0.1, -0.05) is 31.4 Å². The van der Waals surface area contributed by atoms with Crippen molar-refractivity contribution in [3.63, 3.8) is 0 Å². The first-order chi connectivity index (χ1) is 18.8. The molecule has 2 aliphatic heterocycles. The molecule has 12 heteroatoms. The minimum atomic E-state index is -1.32. The third kappa shape index (κ3) is 6.27. The summed E-state index contributed by atoms with van der Waals surface area (Å²) in [6.45, 7) is 0.230. The minimum absolute atomic E-state index is 0.00416. The first kappa shape index (κ1) is 28.0. The number of aliphatic hydroxyl groups excluding tert-OH is 3. The lowest BCUT2D eigenvalue weighted by Crippen LogP contribution is -2.42. The quantitative estimate of drug-likeness (QED) is 0.253. The number of aromatic nitrogens is 2. The fraction of sp³-hybridized carbons (Fsp3) is 0.630. The number of nitrogens with zero attached hydrogens (tertiary/aromatic N) is 1. The van der Waals surface area contributed by atoms with Gasteiger partial charge in [-0.05, 0) is 36.5 Å². The van der Waals surface area contributed by atoms with Crippen LogP contribution in [0, 0.1) is 0 Å². The van der Waals surface area contributed by atoms with E-state index in [1.807, 2.05) is 12.1 Å². The van der Waals surface area contributed by atoms with Crippen LogP contribution < -0.4 is 22.3 Å². The summed E-state index contributed by atoms with van der Waals surface area (Å²) in [5.74, 6) is 0.591. The van der Waals surface area contributed by atoms with E-state index in [1.54, 1.807) is 0 Å². The van der Waals surface area contributed by atoms with Gasteiger partial charge >= 0.3 is 5.69 Å². The number of hydrogen-bond acceptors (Lipinski definition) is 10. The monoisotopic (exact) mass is 546 g/mol. The Labute approximate surface area is 225 Å². The third-order valence-corrected chi connectivity index (χ3v) is 8.01. The molecule has 214 valence electrons. The second kappa shape index (κ2) is 12.3. The van der Waals surface area contributed by atoms with E-state index in [0.29, 0.717) is 5.92 Å². The number of rotatable bonds is 9. The van der Waals surface area contributed by atoms with Crippen LogP contribution in [0.5, 0.6) is 0 Å². The van der Waals surface area contributed by atoms with Crippen LogP contribution in [0.1, 0.15) is 56.2 Å². The van der Waals surface area contributed by atoms with Gasteiger partial charge in [-0.25, -0.2) is 4.79 Å². The van der Waals surface area contributed by atoms with Crippen LogP contribution in [0.3, 0.4) is 0 Å². The molecule has 5 rings (SSSR count). The lowest BCUT2D eigenvalue weighted by atomic mass is 9.84. The number of ether oxygens (including phenoxy) is 3. The van der Waals surface area contributed by atoms with Crippen LogP contribution >= 0.6 is 0 Å². The maximum Gasteiger partial charge on any atom is 0.330 e. The average molecular weight is 547 g/mol. The number of aromatic amines is 1. The largest absolute Gasteiger partial charge is 0.388 e. The molecule has 8 atom stereocenters. The number of anilines is 1. The van der Waals surface area contributed by atoms with Gasteiger partial charge in [0.2, 0.25) is 0 Å². The highest BCUT2D eigenvalue weighted by molar-refractivity contribution is 5.45. The first-order valence-electron chi connectivity index (χ1n) is 13.7. The van der Waals surface area contributed by atoms with Crippen molar-refractivity contribution in [2.45, 2.75) is 93.6 Å². The molecular weight excluding hydrogens is 508 g/mol. The fourth-order valence-electron chi connectivity index (χ4n) is 5.79. The van der Waals surface area contributed by atoms with Gasteiger partial charge in [0.15, 0.2) is 12.5 Å². The van der Waals surface area contributed by atoms with Crippen LogP contribution in [0.15, 0.2) is 46.1 Å². The summed E-state index contributed by atoms with van der Waals surface area (Å²) < 4.78 is 18.9. The molecule has 1 aliphatic carbocycles. The molecule has 0 radical (unpaired) electrons. The van der Waals surface area contributed by atoms with Crippen LogP contribution in [-0.4, -0.2) is 80.9 Å². The number of aliphatic hydroxyl groups is 3. The molecule has 1 aromatic carbocycles. The molecule has 3 fully saturated rings. The molecule has 2 aromatic rings. The molecule has 39 heavy (non-hydrogen) atoms. The summed E-state index contributed by atoms with van der Waals surface area (Å²) in [6, 6.07) is 9.48. The number of H-pyrrole nitrogens is 1. The van der Waals surface area contributed by atoms with Gasteiger partial charge in [-0.2, -0.15) is 0 Å². The van der Waals surface area contributed by atoms with Gasteiger partial charge < -0.3 is 40.6 Å². The molecule has 0 amide bonds. The maximum absolute atomic E-state index is 12.3. The molecule has 3 heterocycles. The van der Waals surface area contributed by atoms with E-state index in [9.17, 15) is 24.9 Å². The van der Waals surface area contributed by atoms with Crippen LogP contribution in [0.25, 0.3) is 0 Å². The van der Waals surface area contributed by atoms with Crippen molar-refractivity contribution in [3.05, 3.63) is 62.9 Å². The summed E-state index contributed by atoms with van der Waals surface area (Å²) in [6.07, 6.45) is -0.389. The number of nitrogens with two attached hydrogens (primary N) is 1. The van der Waals surface area contributed by atoms with Crippen molar-refractivity contribution in [2.75, 3.05) is 18.4 Å². The summed E-state index contributed by atoms with van der Waals surface area (Å²) in [7, 11) is 0. The lowest BCUT2D eigenvalue weighted by molar-refractivity contribution is -0.211. The SMILES string of the molecule is NC[C@H]1O[C@@H](O[C@@H](CNc2ccc(C3CCCCC3)cc2)[C@@H]2C[C@@H](O)C(n3ccc(=O)[nH]c3=O)O2)[C@H](O)[C@@H]1O. The van der Waals surface area contributed by atoms with Gasteiger partial charge in [0, 0.05) is 37.5 Å². The molecule has 2 saturated heterocycles. The molecule has 1 saturated carbocycles. The van der Waals surface area contributed by atoms with E-state index in [1.165, 1.54) is 49.9 Å². The molecule has 0 spiro atoms. The number of nitrogens with one attached hydrogen (secondary N) is 2. The zero-order chi connectivity index (χ0) is 27.5. The van der Waals surface area contributed by atoms with E-state index in [-0.39, 0.29) is 19.5 Å². The second-order valence-electron chi connectivity index (χ2n) is 10.7. The normalized spacial score (nSPS) is 32.4. The molecule has 0 bridgehead atoms. The van der Waals surface area contributed by atoms with Crippen molar-refractivity contribution < 1.29 is 29.5 Å². The Hall–Kier alpha value is -2.58. The summed E-state index contributed by atoms with van der Waals surface area (Å²) >= 11 is 0. The topological polar surface area (TPSA) is 181 Å². The van der Waals surface area contributed by atoms with Gasteiger partial charge in [0.05, 0.1) is 6.10 Å². The zero-order valence-corrected chi connectivity index (χ0v) is 21.7. The molecular formula is C27H38N4O8. The standard InChI is InChI=1S/C27H38N4O8/c28-13-20-23(34)24(35)26(38-20)39-21(14-29-17-8-6-16(7-9-17)15-4-2-1-3-5-15)19-12-18(32)25(37-19)31-11-10-22(33)30-27(31)36/h6-11,15,18-21,23-26,29,32,34-35H,1-5,12-14,28H2,(H,30,33,36)/t18-,19+,20-,21+,23-,24-,25?,26+/m1/s1. The predicted octanol–water partition coefficient (Wildman–Crippen LogP) is 0.135. The zero-order valence-electron chi connectivity index (χ0n) is 21.7. The van der Waals surface area contributed by atoms with E-state index in [0.717, 1.165) is 10.3 Å². The van der Waals surface area contributed by atoms with Crippen LogP contribution in [0.4, 0.5) is 5.69 Å². The summed E-state index contributed by atoms with van der Waals surface area (Å²) in [5, 5.41) is 34.8. The van der Waals surface area contributed by atoms with Crippen molar-refractivity contribution in [2.24, 2.45) is 5.73 Å². The highest BCUT2D eigenvalue weighted by Crippen LogP contribution is 2.34. The molecule has 7 N–H and O–H groups in total. The van der Waals surface area contributed by atoms with E-state index in [4.69, 9.17) is 19.9 Å². The van der Waals surface area contributed by atoms with Crippen molar-refractivity contribution in [1.82, 2.24) is 9.55 Å². The van der Waals surface area contributed by atoms with Gasteiger partial charge in [0.1, 0.15) is 30.5 Å². The third-order valence-electron chi connectivity index (χ3n) is 8.01. The van der Waals surface area contributed by atoms with E-state index >= 15 is 0 Å². The Morgan fingerprint density at radius 1 is 1.05 bits per heavy atom.